The Balaban J connectivity index is 2.09. The Labute approximate surface area is 130 Å². The van der Waals surface area contributed by atoms with Gasteiger partial charge in [-0.05, 0) is 48.7 Å². The van der Waals surface area contributed by atoms with Crippen LogP contribution in [0.4, 0.5) is 17.2 Å². The van der Waals surface area contributed by atoms with Crippen LogP contribution in [0.2, 0.25) is 0 Å². The first-order chi connectivity index (χ1) is 10.2. The molecule has 102 valence electrons. The summed E-state index contributed by atoms with van der Waals surface area (Å²) < 4.78 is 0. The van der Waals surface area contributed by atoms with Crippen molar-refractivity contribution in [1.82, 2.24) is 9.97 Å². The highest BCUT2D eigenvalue weighted by Gasteiger charge is 2.08. The Bertz CT molecular complexity index is 745. The summed E-state index contributed by atoms with van der Waals surface area (Å²) >= 11 is 8.97. The van der Waals surface area contributed by atoms with E-state index in [1.165, 1.54) is 18.5 Å². The topological polar surface area (TPSA) is 79.6 Å². The fraction of sp³-hybridized carbons (Fsp3) is 0. The average Bonchev–Trinajstić information content (AvgIpc) is 2.50. The zero-order valence-electron chi connectivity index (χ0n) is 10.5. The van der Waals surface area contributed by atoms with Gasteiger partial charge in [-0.2, -0.15) is 9.98 Å². The molecule has 8 heteroatoms. The molecule has 0 atom stereocenters. The van der Waals surface area contributed by atoms with Gasteiger partial charge in [0, 0.05) is 0 Å². The minimum Gasteiger partial charge on any atom is -0.305 e. The quantitative estimate of drug-likeness (QED) is 0.692. The van der Waals surface area contributed by atoms with Crippen LogP contribution in [0.25, 0.3) is 0 Å². The van der Waals surface area contributed by atoms with Crippen LogP contribution >= 0.6 is 24.4 Å². The monoisotopic (exact) mass is 313 g/mol. The van der Waals surface area contributed by atoms with E-state index in [4.69, 9.17) is 0 Å². The molecule has 0 aliphatic rings. The van der Waals surface area contributed by atoms with Crippen LogP contribution in [0.15, 0.2) is 46.6 Å². The molecule has 21 heavy (non-hydrogen) atoms. The fourth-order valence-corrected chi connectivity index (χ4v) is 1.61. The van der Waals surface area contributed by atoms with Crippen LogP contribution in [-0.4, -0.2) is 26.2 Å². The summed E-state index contributed by atoms with van der Waals surface area (Å²) in [4.78, 5) is 27.5. The maximum Gasteiger partial charge on any atom is 0.275 e. The number of amides is 1. The zero-order valence-corrected chi connectivity index (χ0v) is 12.1. The van der Waals surface area contributed by atoms with E-state index >= 15 is 0 Å². The lowest BCUT2D eigenvalue weighted by Gasteiger charge is -2.03. The second-order valence-electron chi connectivity index (χ2n) is 3.66. The highest BCUT2D eigenvalue weighted by atomic mass is 32.1. The molecule has 0 aliphatic heterocycles. The lowest BCUT2D eigenvalue weighted by molar-refractivity contribution is 0.102. The summed E-state index contributed by atoms with van der Waals surface area (Å²) in [5, 5.41) is 7.07. The minimum absolute atomic E-state index is 0.237. The summed E-state index contributed by atoms with van der Waals surface area (Å²) in [5.41, 5.74) is 1.33. The van der Waals surface area contributed by atoms with E-state index in [1.54, 1.807) is 18.2 Å². The van der Waals surface area contributed by atoms with Gasteiger partial charge in [-0.25, -0.2) is 9.97 Å². The van der Waals surface area contributed by atoms with Gasteiger partial charge in [-0.1, -0.05) is 0 Å². The standard InChI is InChI=1S/C13H7N5OS2/c19-13(11-3-1-9(5-14-11)16-7-20)18-12-4-2-10(6-15-12)17-8-21/h1-6H,(H,15,18,19). The van der Waals surface area contributed by atoms with Crippen molar-refractivity contribution in [1.29, 1.82) is 0 Å². The van der Waals surface area contributed by atoms with Gasteiger partial charge >= 0.3 is 0 Å². The Morgan fingerprint density at radius 2 is 1.62 bits per heavy atom. The first-order valence-corrected chi connectivity index (χ1v) is 6.44. The molecule has 0 unspecified atom stereocenters. The van der Waals surface area contributed by atoms with Crippen molar-refractivity contribution >= 4 is 57.9 Å². The van der Waals surface area contributed by atoms with E-state index in [1.807, 2.05) is 0 Å². The van der Waals surface area contributed by atoms with E-state index in [9.17, 15) is 4.79 Å². The molecule has 0 spiro atoms. The number of carbonyl (C=O) groups is 1. The fourth-order valence-electron chi connectivity index (χ4n) is 1.40. The predicted molar refractivity (Wildman–Crippen MR) is 85.8 cm³/mol. The number of carbonyl (C=O) groups excluding carboxylic acids is 1. The van der Waals surface area contributed by atoms with Gasteiger partial charge in [0.05, 0.1) is 34.1 Å². The maximum absolute atomic E-state index is 12.0. The Kier molecular flexibility index (Phi) is 5.09. The Morgan fingerprint density at radius 3 is 2.10 bits per heavy atom. The lowest BCUT2D eigenvalue weighted by atomic mass is 10.3. The van der Waals surface area contributed by atoms with E-state index < -0.39 is 0 Å². The highest BCUT2D eigenvalue weighted by Crippen LogP contribution is 2.14. The number of aliphatic imine (C=N–C) groups is 2. The number of pyridine rings is 2. The largest absolute Gasteiger partial charge is 0.305 e. The molecule has 2 rings (SSSR count). The molecule has 0 fully saturated rings. The van der Waals surface area contributed by atoms with Gasteiger partial charge in [0.25, 0.3) is 5.91 Å². The number of nitrogens with zero attached hydrogens (tertiary/aromatic N) is 4. The molecule has 0 bridgehead atoms. The van der Waals surface area contributed by atoms with Crippen LogP contribution in [0.3, 0.4) is 0 Å². The molecule has 0 saturated heterocycles. The van der Waals surface area contributed by atoms with Gasteiger partial charge in [-0.15, -0.1) is 0 Å². The van der Waals surface area contributed by atoms with Crippen molar-refractivity contribution < 1.29 is 4.79 Å². The van der Waals surface area contributed by atoms with Gasteiger partial charge in [0.2, 0.25) is 0 Å². The van der Waals surface area contributed by atoms with Crippen molar-refractivity contribution in [3.8, 4) is 0 Å². The molecule has 1 amide bonds. The molecule has 0 saturated carbocycles. The number of aromatic nitrogens is 2. The Morgan fingerprint density at radius 1 is 1.00 bits per heavy atom. The van der Waals surface area contributed by atoms with Crippen molar-refractivity contribution in [3.63, 3.8) is 0 Å². The summed E-state index contributed by atoms with van der Waals surface area (Å²) in [6.45, 7) is 0. The smallest absolute Gasteiger partial charge is 0.275 e. The van der Waals surface area contributed by atoms with E-state index in [0.29, 0.717) is 17.2 Å². The van der Waals surface area contributed by atoms with Crippen LogP contribution in [0.1, 0.15) is 10.5 Å². The highest BCUT2D eigenvalue weighted by molar-refractivity contribution is 7.78. The Hall–Kier alpha value is -2.63. The van der Waals surface area contributed by atoms with Gasteiger partial charge in [-0.3, -0.25) is 4.79 Å². The second-order valence-corrected chi connectivity index (χ2v) is 4.03. The lowest BCUT2D eigenvalue weighted by Crippen LogP contribution is -2.14. The zero-order chi connectivity index (χ0) is 15.1. The molecule has 6 nitrogen and oxygen atoms in total. The predicted octanol–water partition coefficient (Wildman–Crippen LogP) is 3.20. The molecule has 2 aromatic rings. The molecular formula is C13H7N5OS2. The molecule has 2 heterocycles. The number of hydrogen-bond acceptors (Lipinski definition) is 7. The number of nitrogens with one attached hydrogen (secondary N) is 1. The van der Waals surface area contributed by atoms with Crippen LogP contribution in [0.5, 0.6) is 0 Å². The second kappa shape index (κ2) is 7.23. The van der Waals surface area contributed by atoms with E-state index in [0.717, 1.165) is 0 Å². The van der Waals surface area contributed by atoms with Crippen LogP contribution in [0, 0.1) is 0 Å². The maximum atomic E-state index is 12.0. The summed E-state index contributed by atoms with van der Waals surface area (Å²) in [6.07, 6.45) is 2.90. The molecule has 0 aromatic carbocycles. The molecule has 2 aromatic heterocycles. The first-order valence-electron chi connectivity index (χ1n) is 5.62. The van der Waals surface area contributed by atoms with Gasteiger partial charge in [0.1, 0.15) is 11.5 Å². The van der Waals surface area contributed by atoms with Crippen LogP contribution < -0.4 is 5.32 Å². The summed E-state index contributed by atoms with van der Waals surface area (Å²) in [7, 11) is 0. The van der Waals surface area contributed by atoms with Gasteiger partial charge in [0.15, 0.2) is 0 Å². The van der Waals surface area contributed by atoms with Gasteiger partial charge < -0.3 is 5.32 Å². The van der Waals surface area contributed by atoms with Crippen molar-refractivity contribution in [2.75, 3.05) is 5.32 Å². The third-order valence-electron chi connectivity index (χ3n) is 2.32. The number of hydrogen-bond donors (Lipinski definition) is 1. The minimum atomic E-state index is -0.383. The molecule has 1 N–H and O–H groups in total. The van der Waals surface area contributed by atoms with Crippen molar-refractivity contribution in [2.24, 2.45) is 9.98 Å². The SMILES string of the molecule is O=C(Nc1ccc(N=C=S)cn1)c1ccc(N=C=S)cn1. The number of isothiocyanates is 2. The van der Waals surface area contributed by atoms with Crippen molar-refractivity contribution in [2.45, 2.75) is 0 Å². The number of anilines is 1. The third kappa shape index (κ3) is 4.17. The average molecular weight is 313 g/mol. The normalized spacial score (nSPS) is 9.14. The molecule has 0 radical (unpaired) electrons. The van der Waals surface area contributed by atoms with Crippen LogP contribution in [-0.2, 0) is 0 Å². The first kappa shape index (κ1) is 14.8. The summed E-state index contributed by atoms with van der Waals surface area (Å²) in [5.74, 6) is -0.00225. The third-order valence-corrected chi connectivity index (χ3v) is 2.50. The summed E-state index contributed by atoms with van der Waals surface area (Å²) in [6, 6.07) is 6.42. The number of thiocarbonyl (C=S) groups is 2. The van der Waals surface area contributed by atoms with Crippen molar-refractivity contribution in [3.05, 3.63) is 42.4 Å². The number of rotatable bonds is 4. The molecular weight excluding hydrogens is 306 g/mol. The molecule has 0 aliphatic carbocycles. The van der Waals surface area contributed by atoms with E-state index in [2.05, 4.69) is 60.0 Å². The van der Waals surface area contributed by atoms with E-state index in [-0.39, 0.29) is 11.6 Å².